The predicted octanol–water partition coefficient (Wildman–Crippen LogP) is 2.99. The molecule has 2 rings (SSSR count). The van der Waals surface area contributed by atoms with E-state index >= 15 is 0 Å². The minimum absolute atomic E-state index is 0.0299. The van der Waals surface area contributed by atoms with E-state index in [9.17, 15) is 4.79 Å². The Morgan fingerprint density at radius 3 is 2.93 bits per heavy atom. The molecule has 0 radical (unpaired) electrons. The van der Waals surface area contributed by atoms with Crippen molar-refractivity contribution in [2.24, 2.45) is 0 Å². The van der Waals surface area contributed by atoms with Gasteiger partial charge in [-0.15, -0.1) is 17.9 Å². The molecule has 0 aromatic carbocycles. The summed E-state index contributed by atoms with van der Waals surface area (Å²) in [7, 11) is 6.69. The maximum absolute atomic E-state index is 11.7. The van der Waals surface area contributed by atoms with Crippen LogP contribution in [0.25, 0.3) is 0 Å². The Balaban J connectivity index is 2.38. The molecule has 0 aliphatic carbocycles. The zero-order valence-electron chi connectivity index (χ0n) is 8.55. The van der Waals surface area contributed by atoms with Crippen LogP contribution in [-0.4, -0.2) is 10.2 Å². The van der Waals surface area contributed by atoms with Gasteiger partial charge in [0.1, 0.15) is 0 Å². The largest absolute Gasteiger partial charge is 0.309 e. The molecular weight excluding hydrogens is 262 g/mol. The minimum Gasteiger partial charge on any atom is -0.309 e. The summed E-state index contributed by atoms with van der Waals surface area (Å²) in [5.41, 5.74) is 2.01. The zero-order chi connectivity index (χ0) is 11.0. The molecule has 82 valence electrons. The van der Waals surface area contributed by atoms with Gasteiger partial charge in [0.25, 0.3) is 5.56 Å². The Kier molecular flexibility index (Phi) is 3.96. The Labute approximate surface area is 97.2 Å². The van der Waals surface area contributed by atoms with Gasteiger partial charge in [0, 0.05) is 23.5 Å². The zero-order valence-corrected chi connectivity index (χ0v) is 12.8. The lowest BCUT2D eigenvalue weighted by molar-refractivity contribution is 0.573. The summed E-state index contributed by atoms with van der Waals surface area (Å²) < 4.78 is 1.97. The lowest BCUT2D eigenvalue weighted by atomic mass is 10.2. The van der Waals surface area contributed by atoms with Crippen molar-refractivity contribution in [3.63, 3.8) is 0 Å². The molecule has 1 aromatic rings. The molecule has 1 aliphatic rings. The standard InChI is InChI=1S/C9H15NOP4/c1-6-8(15(13)14-12)5-7-3-2-4-9(11)10(6)7/h2-4,6,8,14H,5,12-13H2,1H3/t6-,8-,15?/m0/s1. The minimum atomic E-state index is -0.0299. The van der Waals surface area contributed by atoms with Crippen LogP contribution in [0.3, 0.4) is 0 Å². The van der Waals surface area contributed by atoms with Crippen LogP contribution in [0.2, 0.25) is 0 Å². The van der Waals surface area contributed by atoms with E-state index in [0.29, 0.717) is 11.7 Å². The van der Waals surface area contributed by atoms with Gasteiger partial charge >= 0.3 is 0 Å². The molecule has 15 heavy (non-hydrogen) atoms. The molecule has 1 aromatic heterocycles. The quantitative estimate of drug-likeness (QED) is 0.762. The molecule has 2 heterocycles. The average Bonchev–Trinajstić information content (AvgIpc) is 2.56. The van der Waals surface area contributed by atoms with Crippen LogP contribution >= 0.6 is 33.1 Å². The maximum Gasteiger partial charge on any atom is 0.250 e. The highest BCUT2D eigenvalue weighted by molar-refractivity contribution is 8.61. The second-order valence-corrected chi connectivity index (χ2v) is 13.4. The number of rotatable bonds is 2. The van der Waals surface area contributed by atoms with Crippen molar-refractivity contribution >= 4 is 33.1 Å². The summed E-state index contributed by atoms with van der Waals surface area (Å²) >= 11 is 0. The van der Waals surface area contributed by atoms with Crippen LogP contribution in [0.4, 0.5) is 0 Å². The van der Waals surface area contributed by atoms with E-state index in [4.69, 9.17) is 0 Å². The van der Waals surface area contributed by atoms with E-state index in [1.165, 1.54) is 5.69 Å². The van der Waals surface area contributed by atoms with Gasteiger partial charge in [-0.1, -0.05) is 21.3 Å². The van der Waals surface area contributed by atoms with Gasteiger partial charge in [-0.05, 0) is 19.4 Å². The fourth-order valence-electron chi connectivity index (χ4n) is 2.16. The maximum atomic E-state index is 11.7. The van der Waals surface area contributed by atoms with Gasteiger partial charge in [-0.2, -0.15) is 0 Å². The highest BCUT2D eigenvalue weighted by atomic mass is 32.6. The molecule has 0 spiro atoms. The molecule has 6 atom stereocenters. The normalized spacial score (nSPS) is 27.1. The SMILES string of the molecule is C[C@H]1[C@@H](P(P)PP)Cc2cccc(=O)n21. The van der Waals surface area contributed by atoms with Crippen molar-refractivity contribution < 1.29 is 0 Å². The van der Waals surface area contributed by atoms with Gasteiger partial charge in [0.05, 0.1) is 0 Å². The number of nitrogens with zero attached hydrogens (tertiary/aromatic N) is 1. The number of hydrogen-bond acceptors (Lipinski definition) is 1. The summed E-state index contributed by atoms with van der Waals surface area (Å²) in [6.07, 6.45) is 1.06. The fourth-order valence-corrected chi connectivity index (χ4v) is 7.61. The third kappa shape index (κ3) is 2.21. The molecule has 0 bridgehead atoms. The number of hydrogen-bond donors (Lipinski definition) is 0. The van der Waals surface area contributed by atoms with Crippen LogP contribution in [0, 0.1) is 0 Å². The van der Waals surface area contributed by atoms with Gasteiger partial charge in [-0.3, -0.25) is 4.79 Å². The summed E-state index contributed by atoms with van der Waals surface area (Å²) in [6, 6.07) is 5.98. The van der Waals surface area contributed by atoms with Crippen LogP contribution in [0.15, 0.2) is 23.0 Å². The van der Waals surface area contributed by atoms with Crippen LogP contribution < -0.4 is 5.56 Å². The molecule has 1 aliphatic heterocycles. The average molecular weight is 277 g/mol. The van der Waals surface area contributed by atoms with E-state index in [1.54, 1.807) is 6.07 Å². The number of fused-ring (bicyclic) bond motifs is 1. The third-order valence-corrected chi connectivity index (χ3v) is 14.3. The van der Waals surface area contributed by atoms with Gasteiger partial charge in [0.15, 0.2) is 0 Å². The van der Waals surface area contributed by atoms with Crippen LogP contribution in [-0.2, 0) is 6.42 Å². The van der Waals surface area contributed by atoms with Crippen molar-refractivity contribution in [2.75, 3.05) is 0 Å². The second-order valence-electron chi connectivity index (χ2n) is 3.77. The fraction of sp³-hybridized carbons (Fsp3) is 0.444. The molecule has 4 unspecified atom stereocenters. The van der Waals surface area contributed by atoms with Crippen molar-refractivity contribution in [3.8, 4) is 0 Å². The molecular formula is C9H15NOP4. The molecule has 0 fully saturated rings. The molecule has 0 amide bonds. The van der Waals surface area contributed by atoms with Crippen molar-refractivity contribution in [1.82, 2.24) is 4.57 Å². The highest BCUT2D eigenvalue weighted by Gasteiger charge is 2.32. The number of aromatic nitrogens is 1. The monoisotopic (exact) mass is 277 g/mol. The smallest absolute Gasteiger partial charge is 0.250 e. The lowest BCUT2D eigenvalue weighted by Crippen LogP contribution is -2.22. The Morgan fingerprint density at radius 1 is 1.60 bits per heavy atom. The molecule has 6 heteroatoms. The summed E-state index contributed by atoms with van der Waals surface area (Å²) in [5.74, 6) is 0. The predicted molar refractivity (Wildman–Crippen MR) is 77.6 cm³/mol. The van der Waals surface area contributed by atoms with E-state index in [1.807, 2.05) is 10.6 Å². The molecule has 0 saturated carbocycles. The Hall–Kier alpha value is 0.670. The Bertz CT molecular complexity index is 419. The highest BCUT2D eigenvalue weighted by Crippen LogP contribution is 2.71. The second kappa shape index (κ2) is 4.89. The molecule has 2 nitrogen and oxygen atoms in total. The topological polar surface area (TPSA) is 22.0 Å². The van der Waals surface area contributed by atoms with Crippen molar-refractivity contribution in [1.29, 1.82) is 0 Å². The van der Waals surface area contributed by atoms with Crippen LogP contribution in [0.1, 0.15) is 18.7 Å². The van der Waals surface area contributed by atoms with Gasteiger partial charge < -0.3 is 4.57 Å². The first-order valence-corrected chi connectivity index (χ1v) is 11.5. The van der Waals surface area contributed by atoms with Gasteiger partial charge in [0.2, 0.25) is 0 Å². The van der Waals surface area contributed by atoms with E-state index in [2.05, 4.69) is 30.8 Å². The lowest BCUT2D eigenvalue weighted by Gasteiger charge is -2.22. The van der Waals surface area contributed by atoms with Gasteiger partial charge in [-0.25, -0.2) is 0 Å². The number of pyridine rings is 1. The third-order valence-electron chi connectivity index (χ3n) is 2.96. The first-order valence-electron chi connectivity index (χ1n) is 4.85. The molecule has 0 saturated heterocycles. The Morgan fingerprint density at radius 2 is 2.33 bits per heavy atom. The molecule has 0 N–H and O–H groups in total. The van der Waals surface area contributed by atoms with Crippen molar-refractivity contribution in [3.05, 3.63) is 34.2 Å². The van der Waals surface area contributed by atoms with E-state index in [-0.39, 0.29) is 12.9 Å². The summed E-state index contributed by atoms with van der Waals surface area (Å²) in [5, 5.41) is 0. The summed E-state index contributed by atoms with van der Waals surface area (Å²) in [4.78, 5) is 11.7. The van der Waals surface area contributed by atoms with E-state index in [0.717, 1.165) is 14.4 Å². The van der Waals surface area contributed by atoms with Crippen LogP contribution in [0.5, 0.6) is 0 Å². The van der Waals surface area contributed by atoms with E-state index < -0.39 is 0 Å². The first-order chi connectivity index (χ1) is 7.15. The summed E-state index contributed by atoms with van der Waals surface area (Å²) in [6.45, 7) is 2.17. The van der Waals surface area contributed by atoms with Crippen molar-refractivity contribution in [2.45, 2.75) is 25.0 Å². The first kappa shape index (κ1) is 12.1.